The maximum atomic E-state index is 11.1. The van der Waals surface area contributed by atoms with Gasteiger partial charge in [0.2, 0.25) is 5.95 Å². The van der Waals surface area contributed by atoms with Crippen molar-refractivity contribution < 1.29 is 23.9 Å². The zero-order valence-electron chi connectivity index (χ0n) is 16.7. The fourth-order valence-electron chi connectivity index (χ4n) is 4.16. The molecule has 0 unspecified atom stereocenters. The predicted molar refractivity (Wildman–Crippen MR) is 104 cm³/mol. The summed E-state index contributed by atoms with van der Waals surface area (Å²) < 4.78 is 17.8. The lowest BCUT2D eigenvalue weighted by Crippen LogP contribution is -2.32. The molecule has 0 radical (unpaired) electrons. The number of imidazole rings is 1. The van der Waals surface area contributed by atoms with Crippen molar-refractivity contribution in [2.24, 2.45) is 0 Å². The van der Waals surface area contributed by atoms with E-state index in [0.29, 0.717) is 22.9 Å². The Hall–Kier alpha value is -3.32. The van der Waals surface area contributed by atoms with Gasteiger partial charge in [0, 0.05) is 6.04 Å². The Bertz CT molecular complexity index is 1090. The van der Waals surface area contributed by atoms with Gasteiger partial charge in [-0.2, -0.15) is 15.0 Å². The number of nitrogen functional groups attached to an aromatic ring is 1. The van der Waals surface area contributed by atoms with Gasteiger partial charge in [0.15, 0.2) is 35.7 Å². The number of rotatable bonds is 6. The number of aryl methyl sites for hydroxylation is 1. The number of fused-ring (bicyclic) bond motifs is 1. The lowest BCUT2D eigenvalue weighted by molar-refractivity contribution is -0.142. The van der Waals surface area contributed by atoms with Gasteiger partial charge in [0.05, 0.1) is 6.33 Å². The van der Waals surface area contributed by atoms with Gasteiger partial charge in [-0.3, -0.25) is 9.36 Å². The van der Waals surface area contributed by atoms with Crippen LogP contribution in [0.5, 0.6) is 0 Å². The van der Waals surface area contributed by atoms with E-state index in [1.807, 2.05) is 0 Å². The second kappa shape index (κ2) is 7.74. The fraction of sp³-hybridized carbons (Fsp3) is 0.556. The van der Waals surface area contributed by atoms with Crippen molar-refractivity contribution in [3.63, 3.8) is 0 Å². The number of carbonyl (C=O) groups is 1. The van der Waals surface area contributed by atoms with Crippen molar-refractivity contribution in [3.05, 3.63) is 18.0 Å². The molecule has 164 valence electrons. The summed E-state index contributed by atoms with van der Waals surface area (Å²) in [6.07, 6.45) is 1.59. The van der Waals surface area contributed by atoms with E-state index in [-0.39, 0.29) is 24.2 Å². The van der Waals surface area contributed by atoms with Crippen LogP contribution in [0.25, 0.3) is 11.2 Å². The Morgan fingerprint density at radius 2 is 2.13 bits per heavy atom. The molecule has 0 aromatic carbocycles. The van der Waals surface area contributed by atoms with Gasteiger partial charge < -0.3 is 30.2 Å². The van der Waals surface area contributed by atoms with Crippen LogP contribution in [0.4, 0.5) is 11.8 Å². The molecule has 2 aliphatic rings. The lowest BCUT2D eigenvalue weighted by Gasteiger charge is -2.20. The smallest absolute Gasteiger partial charge is 0.293 e. The summed E-state index contributed by atoms with van der Waals surface area (Å²) in [5.74, 6) is 1.06. The van der Waals surface area contributed by atoms with Crippen molar-refractivity contribution in [1.29, 1.82) is 0 Å². The summed E-state index contributed by atoms with van der Waals surface area (Å²) in [7, 11) is 0. The van der Waals surface area contributed by atoms with Crippen LogP contribution in [0.2, 0.25) is 0 Å². The van der Waals surface area contributed by atoms with Gasteiger partial charge in [-0.05, 0) is 19.8 Å². The highest BCUT2D eigenvalue weighted by atomic mass is 16.6. The van der Waals surface area contributed by atoms with Crippen LogP contribution >= 0.6 is 0 Å². The van der Waals surface area contributed by atoms with E-state index in [9.17, 15) is 9.90 Å². The average molecular weight is 430 g/mol. The highest BCUT2D eigenvalue weighted by molar-refractivity contribution is 5.83. The normalized spacial score (nSPS) is 26.5. The number of carbonyl (C=O) groups excluding carboxylic acids is 1. The van der Waals surface area contributed by atoms with Crippen molar-refractivity contribution >= 4 is 29.4 Å². The third-order valence-corrected chi connectivity index (χ3v) is 5.62. The first-order valence-corrected chi connectivity index (χ1v) is 10.0. The van der Waals surface area contributed by atoms with Crippen LogP contribution in [-0.4, -0.2) is 59.5 Å². The molecule has 31 heavy (non-hydrogen) atoms. The van der Waals surface area contributed by atoms with E-state index < -0.39 is 24.5 Å². The summed E-state index contributed by atoms with van der Waals surface area (Å²) in [6.45, 7) is 1.90. The molecular formula is C18H22N8O5. The van der Waals surface area contributed by atoms with Gasteiger partial charge in [-0.25, -0.2) is 4.98 Å². The van der Waals surface area contributed by atoms with Gasteiger partial charge in [0.1, 0.15) is 11.6 Å². The Balaban J connectivity index is 1.51. The number of ether oxygens (including phenoxy) is 2. The maximum absolute atomic E-state index is 11.1. The van der Waals surface area contributed by atoms with Gasteiger partial charge in [-0.15, -0.1) is 0 Å². The summed E-state index contributed by atoms with van der Waals surface area (Å²) in [4.78, 5) is 28.4. The molecule has 0 spiro atoms. The standard InChI is InChI=1S/C18H22N8O5/c1-8-21-16(31-25-8)12-11(28)13(29-7-27)17(30-12)26-6-20-10-14(19)23-18(24-15(10)26)22-9-4-2-3-5-9/h6-7,9,11-13,17,28H,2-5H2,1H3,(H3,19,22,23,24)/t11-,12+,13-,17-/m1/s1. The molecule has 1 saturated heterocycles. The molecule has 0 amide bonds. The molecule has 5 rings (SSSR count). The first-order valence-electron chi connectivity index (χ1n) is 10.0. The number of nitrogens with two attached hydrogens (primary N) is 1. The second-order valence-corrected chi connectivity index (χ2v) is 7.70. The highest BCUT2D eigenvalue weighted by Gasteiger charge is 2.50. The summed E-state index contributed by atoms with van der Waals surface area (Å²) >= 11 is 0. The van der Waals surface area contributed by atoms with Crippen molar-refractivity contribution in [3.8, 4) is 0 Å². The average Bonchev–Trinajstić information content (AvgIpc) is 3.52. The van der Waals surface area contributed by atoms with Crippen LogP contribution < -0.4 is 11.1 Å². The SMILES string of the molecule is Cc1noc([C@H]2O[C@@H](n3cnc4c(N)nc(NC5CCCC5)nc43)[C@H](OC=O)[C@@H]2O)n1. The van der Waals surface area contributed by atoms with Crippen LogP contribution in [0.15, 0.2) is 10.9 Å². The maximum Gasteiger partial charge on any atom is 0.293 e. The minimum Gasteiger partial charge on any atom is -0.457 e. The molecule has 3 aromatic rings. The molecule has 4 heterocycles. The van der Waals surface area contributed by atoms with Gasteiger partial charge in [0.25, 0.3) is 12.4 Å². The molecule has 1 aliphatic carbocycles. The highest BCUT2D eigenvalue weighted by Crippen LogP contribution is 2.41. The summed E-state index contributed by atoms with van der Waals surface area (Å²) in [5, 5.41) is 17.8. The molecule has 4 N–H and O–H groups in total. The predicted octanol–water partition coefficient (Wildman–Crippen LogP) is 0.627. The molecule has 3 aromatic heterocycles. The monoisotopic (exact) mass is 430 g/mol. The van der Waals surface area contributed by atoms with E-state index in [1.165, 1.54) is 6.33 Å². The number of hydrogen-bond acceptors (Lipinski definition) is 12. The first-order chi connectivity index (χ1) is 15.0. The molecule has 2 fully saturated rings. The second-order valence-electron chi connectivity index (χ2n) is 7.70. The van der Waals surface area contributed by atoms with Crippen LogP contribution in [-0.2, 0) is 14.3 Å². The number of anilines is 2. The number of aliphatic hydroxyl groups excluding tert-OH is 1. The Morgan fingerprint density at radius 3 is 2.84 bits per heavy atom. The van der Waals surface area contributed by atoms with E-state index in [4.69, 9.17) is 19.7 Å². The minimum absolute atomic E-state index is 0.0779. The number of nitrogens with one attached hydrogen (secondary N) is 1. The zero-order chi connectivity index (χ0) is 21.5. The van der Waals surface area contributed by atoms with Crippen molar-refractivity contribution in [1.82, 2.24) is 29.7 Å². The number of aromatic nitrogens is 6. The molecule has 13 heteroatoms. The van der Waals surface area contributed by atoms with Crippen LogP contribution in [0.3, 0.4) is 0 Å². The Labute approximate surface area is 176 Å². The fourth-order valence-corrected chi connectivity index (χ4v) is 4.16. The molecular weight excluding hydrogens is 408 g/mol. The molecule has 1 saturated carbocycles. The van der Waals surface area contributed by atoms with E-state index in [0.717, 1.165) is 25.7 Å². The van der Waals surface area contributed by atoms with E-state index in [1.54, 1.807) is 11.5 Å². The quantitative estimate of drug-likeness (QED) is 0.465. The van der Waals surface area contributed by atoms with Gasteiger partial charge in [-0.1, -0.05) is 18.0 Å². The van der Waals surface area contributed by atoms with Crippen LogP contribution in [0.1, 0.15) is 49.7 Å². The summed E-state index contributed by atoms with van der Waals surface area (Å²) in [6, 6.07) is 0.286. The van der Waals surface area contributed by atoms with Crippen molar-refractivity contribution in [2.75, 3.05) is 11.1 Å². The Kier molecular flexibility index (Phi) is 4.90. The number of nitrogens with zero attached hydrogens (tertiary/aromatic N) is 6. The zero-order valence-corrected chi connectivity index (χ0v) is 16.7. The molecule has 1 aliphatic heterocycles. The number of aliphatic hydroxyl groups is 1. The first kappa shape index (κ1) is 19.6. The Morgan fingerprint density at radius 1 is 1.32 bits per heavy atom. The lowest BCUT2D eigenvalue weighted by atomic mass is 10.1. The van der Waals surface area contributed by atoms with E-state index >= 15 is 0 Å². The molecule has 4 atom stereocenters. The van der Waals surface area contributed by atoms with E-state index in [2.05, 4.69) is 30.4 Å². The van der Waals surface area contributed by atoms with Crippen molar-refractivity contribution in [2.45, 2.75) is 63.2 Å². The minimum atomic E-state index is -1.25. The van der Waals surface area contributed by atoms with Gasteiger partial charge >= 0.3 is 0 Å². The molecule has 0 bridgehead atoms. The third kappa shape index (κ3) is 3.45. The summed E-state index contributed by atoms with van der Waals surface area (Å²) in [5.41, 5.74) is 6.86. The largest absolute Gasteiger partial charge is 0.457 e. The third-order valence-electron chi connectivity index (χ3n) is 5.62. The molecule has 13 nitrogen and oxygen atoms in total. The van der Waals surface area contributed by atoms with Crippen LogP contribution in [0, 0.1) is 6.92 Å². The number of hydrogen-bond donors (Lipinski definition) is 3. The topological polar surface area (TPSA) is 176 Å².